The van der Waals surface area contributed by atoms with Gasteiger partial charge in [0.05, 0.1) is 17.5 Å². The van der Waals surface area contributed by atoms with Crippen molar-refractivity contribution >= 4 is 27.7 Å². The van der Waals surface area contributed by atoms with Gasteiger partial charge in [0.25, 0.3) is 0 Å². The molecular weight excluding hydrogens is 308 g/mol. The van der Waals surface area contributed by atoms with Crippen LogP contribution in [0.2, 0.25) is 0 Å². The number of ketones is 1. The van der Waals surface area contributed by atoms with Crippen molar-refractivity contribution in [3.8, 4) is 0 Å². The first-order valence-corrected chi connectivity index (χ1v) is 8.25. The van der Waals surface area contributed by atoms with Crippen LogP contribution in [-0.2, 0) is 14.3 Å². The summed E-state index contributed by atoms with van der Waals surface area (Å²) in [7, 11) is 0. The SMILES string of the molecule is CCCCC/C=C(\C(=O)CBr)C(=O)OCCCCC. The predicted molar refractivity (Wildman–Crippen MR) is 81.5 cm³/mol. The van der Waals surface area contributed by atoms with Gasteiger partial charge in [-0.2, -0.15) is 0 Å². The maximum Gasteiger partial charge on any atom is 0.341 e. The standard InChI is InChI=1S/C15H25BrO3/c1-3-5-7-8-10-13(14(17)12-16)15(18)19-11-9-6-4-2/h10H,3-9,11-12H2,1-2H3/b13-10+. The summed E-state index contributed by atoms with van der Waals surface area (Å²) >= 11 is 3.10. The van der Waals surface area contributed by atoms with E-state index in [1.54, 1.807) is 6.08 Å². The first-order valence-electron chi connectivity index (χ1n) is 7.13. The first kappa shape index (κ1) is 18.4. The molecule has 0 heterocycles. The van der Waals surface area contributed by atoms with Gasteiger partial charge in [0.2, 0.25) is 0 Å². The predicted octanol–water partition coefficient (Wildman–Crippen LogP) is 4.19. The topological polar surface area (TPSA) is 43.4 Å². The normalized spacial score (nSPS) is 11.4. The molecule has 0 saturated carbocycles. The molecule has 0 aliphatic heterocycles. The third-order valence-electron chi connectivity index (χ3n) is 2.78. The molecule has 0 aromatic heterocycles. The number of unbranched alkanes of at least 4 members (excludes halogenated alkanes) is 5. The van der Waals surface area contributed by atoms with Gasteiger partial charge in [-0.1, -0.05) is 61.5 Å². The number of halogens is 1. The Morgan fingerprint density at radius 1 is 1.05 bits per heavy atom. The summed E-state index contributed by atoms with van der Waals surface area (Å²) in [6.07, 6.45) is 8.68. The van der Waals surface area contributed by atoms with Gasteiger partial charge in [-0.3, -0.25) is 4.79 Å². The molecule has 0 spiro atoms. The van der Waals surface area contributed by atoms with E-state index < -0.39 is 5.97 Å². The number of allylic oxidation sites excluding steroid dienone is 1. The van der Waals surface area contributed by atoms with Crippen LogP contribution >= 0.6 is 15.9 Å². The summed E-state index contributed by atoms with van der Waals surface area (Å²) in [5.41, 5.74) is 0.199. The zero-order valence-corrected chi connectivity index (χ0v) is 13.6. The summed E-state index contributed by atoms with van der Waals surface area (Å²) in [4.78, 5) is 23.5. The lowest BCUT2D eigenvalue weighted by Crippen LogP contribution is -2.17. The van der Waals surface area contributed by atoms with E-state index in [9.17, 15) is 9.59 Å². The maximum atomic E-state index is 11.8. The third-order valence-corrected chi connectivity index (χ3v) is 3.29. The Morgan fingerprint density at radius 3 is 2.26 bits per heavy atom. The summed E-state index contributed by atoms with van der Waals surface area (Å²) in [5, 5.41) is 0.163. The fourth-order valence-corrected chi connectivity index (χ4v) is 1.92. The van der Waals surface area contributed by atoms with Crippen LogP contribution in [-0.4, -0.2) is 23.7 Å². The minimum atomic E-state index is -0.475. The van der Waals surface area contributed by atoms with Crippen LogP contribution in [0.25, 0.3) is 0 Å². The molecule has 110 valence electrons. The largest absolute Gasteiger partial charge is 0.462 e. The zero-order valence-electron chi connectivity index (χ0n) is 12.0. The highest BCUT2D eigenvalue weighted by molar-refractivity contribution is 9.09. The molecule has 0 aromatic carbocycles. The molecule has 0 rings (SSSR count). The molecule has 19 heavy (non-hydrogen) atoms. The Bertz CT molecular complexity index is 298. The van der Waals surface area contributed by atoms with Gasteiger partial charge in [-0.05, 0) is 19.3 Å². The van der Waals surface area contributed by atoms with Crippen LogP contribution in [0.3, 0.4) is 0 Å². The number of hydrogen-bond acceptors (Lipinski definition) is 3. The van der Waals surface area contributed by atoms with Gasteiger partial charge in [-0.25, -0.2) is 4.79 Å². The van der Waals surface area contributed by atoms with Gasteiger partial charge in [0.15, 0.2) is 5.78 Å². The summed E-state index contributed by atoms with van der Waals surface area (Å²) < 4.78 is 5.14. The average molecular weight is 333 g/mol. The van der Waals surface area contributed by atoms with Crippen molar-refractivity contribution < 1.29 is 14.3 Å². The molecular formula is C15H25BrO3. The number of carbonyl (C=O) groups excluding carboxylic acids is 2. The van der Waals surface area contributed by atoms with E-state index in [1.807, 2.05) is 0 Å². The van der Waals surface area contributed by atoms with Crippen molar-refractivity contribution in [1.82, 2.24) is 0 Å². The lowest BCUT2D eigenvalue weighted by molar-refractivity contribution is -0.140. The molecule has 4 heteroatoms. The van der Waals surface area contributed by atoms with E-state index in [4.69, 9.17) is 4.74 Å². The highest BCUT2D eigenvalue weighted by Crippen LogP contribution is 2.09. The number of Topliss-reactive ketones (excluding diaryl/α,β-unsaturated/α-hetero) is 1. The van der Waals surface area contributed by atoms with Gasteiger partial charge >= 0.3 is 5.97 Å². The minimum absolute atomic E-state index is 0.163. The third kappa shape index (κ3) is 8.98. The maximum absolute atomic E-state index is 11.8. The minimum Gasteiger partial charge on any atom is -0.462 e. The molecule has 0 aromatic rings. The summed E-state index contributed by atoms with van der Waals surface area (Å²) in [5.74, 6) is -0.672. The molecule has 0 radical (unpaired) electrons. The molecule has 0 amide bonds. The number of carbonyl (C=O) groups is 2. The van der Waals surface area contributed by atoms with E-state index in [0.29, 0.717) is 6.61 Å². The van der Waals surface area contributed by atoms with Crippen molar-refractivity contribution in [3.63, 3.8) is 0 Å². The van der Waals surface area contributed by atoms with E-state index in [1.165, 1.54) is 0 Å². The number of alkyl halides is 1. The summed E-state index contributed by atoms with van der Waals surface area (Å²) in [6.45, 7) is 4.61. The van der Waals surface area contributed by atoms with Crippen LogP contribution in [0.15, 0.2) is 11.6 Å². The molecule has 0 N–H and O–H groups in total. The van der Waals surface area contributed by atoms with Gasteiger partial charge < -0.3 is 4.74 Å². The number of ether oxygens (including phenoxy) is 1. The molecule has 3 nitrogen and oxygen atoms in total. The van der Waals surface area contributed by atoms with E-state index in [0.717, 1.165) is 44.9 Å². The van der Waals surface area contributed by atoms with E-state index in [2.05, 4.69) is 29.8 Å². The lowest BCUT2D eigenvalue weighted by atomic mass is 10.1. The average Bonchev–Trinajstić information content (AvgIpc) is 2.42. The zero-order chi connectivity index (χ0) is 14.5. The van der Waals surface area contributed by atoms with Crippen LogP contribution in [0, 0.1) is 0 Å². The van der Waals surface area contributed by atoms with Crippen molar-refractivity contribution in [2.24, 2.45) is 0 Å². The fourth-order valence-electron chi connectivity index (χ4n) is 1.62. The van der Waals surface area contributed by atoms with E-state index >= 15 is 0 Å². The fraction of sp³-hybridized carbons (Fsp3) is 0.733. The van der Waals surface area contributed by atoms with Crippen LogP contribution in [0.5, 0.6) is 0 Å². The molecule has 0 unspecified atom stereocenters. The second-order valence-electron chi connectivity index (χ2n) is 4.51. The van der Waals surface area contributed by atoms with Crippen LogP contribution < -0.4 is 0 Å². The number of rotatable bonds is 11. The number of esters is 1. The molecule has 0 bridgehead atoms. The van der Waals surface area contributed by atoms with Crippen molar-refractivity contribution in [3.05, 3.63) is 11.6 Å². The monoisotopic (exact) mass is 332 g/mol. The van der Waals surface area contributed by atoms with Crippen LogP contribution in [0.4, 0.5) is 0 Å². The molecule has 0 fully saturated rings. The smallest absolute Gasteiger partial charge is 0.341 e. The Kier molecular flexibility index (Phi) is 12.0. The second kappa shape index (κ2) is 12.4. The lowest BCUT2D eigenvalue weighted by Gasteiger charge is -2.06. The second-order valence-corrected chi connectivity index (χ2v) is 5.07. The molecule has 0 aliphatic rings. The highest BCUT2D eigenvalue weighted by atomic mass is 79.9. The Morgan fingerprint density at radius 2 is 1.68 bits per heavy atom. The number of hydrogen-bond donors (Lipinski definition) is 0. The first-order chi connectivity index (χ1) is 9.17. The Balaban J connectivity index is 4.31. The quantitative estimate of drug-likeness (QED) is 0.142. The van der Waals surface area contributed by atoms with Gasteiger partial charge in [0, 0.05) is 0 Å². The Labute approximate surface area is 124 Å². The van der Waals surface area contributed by atoms with Gasteiger partial charge in [-0.15, -0.1) is 0 Å². The van der Waals surface area contributed by atoms with Crippen molar-refractivity contribution in [2.45, 2.75) is 58.8 Å². The summed E-state index contributed by atoms with van der Waals surface area (Å²) in [6, 6.07) is 0. The van der Waals surface area contributed by atoms with Crippen LogP contribution in [0.1, 0.15) is 58.8 Å². The molecule has 0 aliphatic carbocycles. The van der Waals surface area contributed by atoms with Crippen molar-refractivity contribution in [2.75, 3.05) is 11.9 Å². The van der Waals surface area contributed by atoms with Gasteiger partial charge in [0.1, 0.15) is 0 Å². The molecule has 0 atom stereocenters. The highest BCUT2D eigenvalue weighted by Gasteiger charge is 2.17. The van der Waals surface area contributed by atoms with Crippen molar-refractivity contribution in [1.29, 1.82) is 0 Å². The molecule has 0 saturated heterocycles. The van der Waals surface area contributed by atoms with E-state index in [-0.39, 0.29) is 16.7 Å². The Hall–Kier alpha value is -0.640.